The lowest BCUT2D eigenvalue weighted by atomic mass is 10.0. The van der Waals surface area contributed by atoms with Gasteiger partial charge in [-0.25, -0.2) is 0 Å². The minimum atomic E-state index is 0.390. The van der Waals surface area contributed by atoms with Gasteiger partial charge in [0.25, 0.3) is 0 Å². The van der Waals surface area contributed by atoms with Crippen LogP contribution in [0.15, 0.2) is 34.9 Å². The highest BCUT2D eigenvalue weighted by Crippen LogP contribution is 2.17. The second-order valence-corrected chi connectivity index (χ2v) is 4.32. The largest absolute Gasteiger partial charge is 0.493 e. The lowest BCUT2D eigenvalue weighted by Gasteiger charge is -2.22. The minimum Gasteiger partial charge on any atom is -0.493 e. The van der Waals surface area contributed by atoms with Crippen molar-refractivity contribution < 1.29 is 9.26 Å². The van der Waals surface area contributed by atoms with E-state index in [1.165, 1.54) is 0 Å². The number of nitrogens with one attached hydrogen (secondary N) is 1. The van der Waals surface area contributed by atoms with Gasteiger partial charge >= 0.3 is 0 Å². The van der Waals surface area contributed by atoms with E-state index in [1.807, 2.05) is 30.3 Å². The quantitative estimate of drug-likeness (QED) is 0.862. The monoisotopic (exact) mass is 245 g/mol. The van der Waals surface area contributed by atoms with Crippen molar-refractivity contribution in [3.63, 3.8) is 0 Å². The Morgan fingerprint density at radius 3 is 2.83 bits per heavy atom. The fourth-order valence-electron chi connectivity index (χ4n) is 1.78. The standard InChI is InChI=1S/C13H15N3O2/c1-2-4-11(5-3-1)17-7-6-12-15-13(18-16-12)10-8-14-9-10/h1-5,10,14H,6-9H2. The molecule has 0 atom stereocenters. The maximum Gasteiger partial charge on any atom is 0.232 e. The van der Waals surface area contributed by atoms with Gasteiger partial charge in [0.2, 0.25) is 5.89 Å². The van der Waals surface area contributed by atoms with Crippen LogP contribution in [0.3, 0.4) is 0 Å². The molecule has 1 aromatic heterocycles. The van der Waals surface area contributed by atoms with E-state index in [4.69, 9.17) is 9.26 Å². The molecule has 2 heterocycles. The van der Waals surface area contributed by atoms with Crippen LogP contribution < -0.4 is 10.1 Å². The zero-order valence-corrected chi connectivity index (χ0v) is 10.0. The third kappa shape index (κ3) is 2.51. The van der Waals surface area contributed by atoms with Crippen molar-refractivity contribution in [1.82, 2.24) is 15.5 Å². The molecular weight excluding hydrogens is 230 g/mol. The normalized spacial score (nSPS) is 15.3. The molecule has 94 valence electrons. The van der Waals surface area contributed by atoms with Gasteiger partial charge in [0.1, 0.15) is 5.75 Å². The lowest BCUT2D eigenvalue weighted by Crippen LogP contribution is -2.40. The predicted molar refractivity (Wildman–Crippen MR) is 65.5 cm³/mol. The SMILES string of the molecule is c1ccc(OCCc2noc(C3CNC3)n2)cc1. The molecule has 18 heavy (non-hydrogen) atoms. The molecule has 5 heteroatoms. The van der Waals surface area contributed by atoms with Gasteiger partial charge in [-0.05, 0) is 12.1 Å². The summed E-state index contributed by atoms with van der Waals surface area (Å²) in [6.07, 6.45) is 0.665. The van der Waals surface area contributed by atoms with Crippen LogP contribution in [0.25, 0.3) is 0 Å². The molecule has 3 rings (SSSR count). The van der Waals surface area contributed by atoms with Crippen LogP contribution in [0.5, 0.6) is 5.75 Å². The van der Waals surface area contributed by atoms with Gasteiger partial charge in [0, 0.05) is 19.5 Å². The summed E-state index contributed by atoms with van der Waals surface area (Å²) in [6.45, 7) is 2.43. The molecule has 0 radical (unpaired) electrons. The molecule has 0 aliphatic carbocycles. The average molecular weight is 245 g/mol. The Morgan fingerprint density at radius 1 is 1.28 bits per heavy atom. The maximum atomic E-state index is 5.59. The number of aromatic nitrogens is 2. The second-order valence-electron chi connectivity index (χ2n) is 4.32. The van der Waals surface area contributed by atoms with Crippen molar-refractivity contribution in [2.75, 3.05) is 19.7 Å². The van der Waals surface area contributed by atoms with E-state index < -0.39 is 0 Å². The van der Waals surface area contributed by atoms with Crippen LogP contribution in [0.1, 0.15) is 17.6 Å². The van der Waals surface area contributed by atoms with Crippen molar-refractivity contribution in [1.29, 1.82) is 0 Å². The summed E-state index contributed by atoms with van der Waals surface area (Å²) in [5.41, 5.74) is 0. The van der Waals surface area contributed by atoms with E-state index in [1.54, 1.807) is 0 Å². The topological polar surface area (TPSA) is 60.2 Å². The fourth-order valence-corrected chi connectivity index (χ4v) is 1.78. The Morgan fingerprint density at radius 2 is 2.11 bits per heavy atom. The Labute approximate surface area is 105 Å². The van der Waals surface area contributed by atoms with Gasteiger partial charge in [0.15, 0.2) is 5.82 Å². The van der Waals surface area contributed by atoms with Crippen LogP contribution in [0.2, 0.25) is 0 Å². The zero-order valence-electron chi connectivity index (χ0n) is 10.0. The highest BCUT2D eigenvalue weighted by Gasteiger charge is 2.24. The van der Waals surface area contributed by atoms with Crippen molar-refractivity contribution in [3.05, 3.63) is 42.0 Å². The van der Waals surface area contributed by atoms with Crippen molar-refractivity contribution >= 4 is 0 Å². The summed E-state index contributed by atoms with van der Waals surface area (Å²) < 4.78 is 10.8. The molecule has 1 aliphatic heterocycles. The molecule has 1 aromatic carbocycles. The van der Waals surface area contributed by atoms with E-state index in [2.05, 4.69) is 15.5 Å². The van der Waals surface area contributed by atoms with Gasteiger partial charge in [-0.3, -0.25) is 0 Å². The van der Waals surface area contributed by atoms with Gasteiger partial charge in [0.05, 0.1) is 12.5 Å². The van der Waals surface area contributed by atoms with E-state index in [0.29, 0.717) is 24.8 Å². The van der Waals surface area contributed by atoms with Gasteiger partial charge in [-0.2, -0.15) is 4.98 Å². The first kappa shape index (κ1) is 11.2. The maximum absolute atomic E-state index is 5.59. The van der Waals surface area contributed by atoms with Crippen molar-refractivity contribution in [3.8, 4) is 5.75 Å². The van der Waals surface area contributed by atoms with Crippen LogP contribution >= 0.6 is 0 Å². The molecule has 0 unspecified atom stereocenters. The minimum absolute atomic E-state index is 0.390. The number of para-hydroxylation sites is 1. The van der Waals surface area contributed by atoms with Gasteiger partial charge in [-0.15, -0.1) is 0 Å². The van der Waals surface area contributed by atoms with Crippen molar-refractivity contribution in [2.45, 2.75) is 12.3 Å². The molecule has 5 nitrogen and oxygen atoms in total. The number of ether oxygens (including phenoxy) is 1. The fraction of sp³-hybridized carbons (Fsp3) is 0.385. The second kappa shape index (κ2) is 5.18. The van der Waals surface area contributed by atoms with Crippen LogP contribution in [-0.4, -0.2) is 29.8 Å². The molecule has 0 amide bonds. The summed E-state index contributed by atoms with van der Waals surface area (Å²) in [6, 6.07) is 9.73. The predicted octanol–water partition coefficient (Wildman–Crippen LogP) is 1.38. The third-order valence-corrected chi connectivity index (χ3v) is 2.95. The molecule has 1 saturated heterocycles. The molecule has 0 saturated carbocycles. The summed E-state index contributed by atoms with van der Waals surface area (Å²) >= 11 is 0. The molecular formula is C13H15N3O2. The molecule has 0 spiro atoms. The smallest absolute Gasteiger partial charge is 0.232 e. The Kier molecular flexibility index (Phi) is 3.23. The number of nitrogens with zero attached hydrogens (tertiary/aromatic N) is 2. The van der Waals surface area contributed by atoms with E-state index in [-0.39, 0.29) is 0 Å². The van der Waals surface area contributed by atoms with Crippen LogP contribution in [0.4, 0.5) is 0 Å². The zero-order chi connectivity index (χ0) is 12.2. The summed E-state index contributed by atoms with van der Waals surface area (Å²) in [5, 5.41) is 7.14. The number of hydrogen-bond donors (Lipinski definition) is 1. The average Bonchev–Trinajstić information content (AvgIpc) is 2.77. The molecule has 2 aromatic rings. The first-order chi connectivity index (χ1) is 8.92. The van der Waals surface area contributed by atoms with Gasteiger partial charge < -0.3 is 14.6 Å². The Bertz CT molecular complexity index is 494. The summed E-state index contributed by atoms with van der Waals surface area (Å²) in [4.78, 5) is 4.37. The molecule has 1 N–H and O–H groups in total. The molecule has 1 fully saturated rings. The highest BCUT2D eigenvalue weighted by molar-refractivity contribution is 5.20. The van der Waals surface area contributed by atoms with Crippen molar-refractivity contribution in [2.24, 2.45) is 0 Å². The summed E-state index contributed by atoms with van der Waals surface area (Å²) in [5.74, 6) is 2.71. The number of benzene rings is 1. The lowest BCUT2D eigenvalue weighted by molar-refractivity contribution is 0.299. The molecule has 0 bridgehead atoms. The molecule has 1 aliphatic rings. The van der Waals surface area contributed by atoms with Crippen LogP contribution in [0, 0.1) is 0 Å². The number of hydrogen-bond acceptors (Lipinski definition) is 5. The summed E-state index contributed by atoms with van der Waals surface area (Å²) in [7, 11) is 0. The first-order valence-electron chi connectivity index (χ1n) is 6.13. The van der Waals surface area contributed by atoms with E-state index in [0.717, 1.165) is 24.7 Å². The first-order valence-corrected chi connectivity index (χ1v) is 6.13. The number of rotatable bonds is 5. The van der Waals surface area contributed by atoms with Crippen LogP contribution in [-0.2, 0) is 6.42 Å². The third-order valence-electron chi connectivity index (χ3n) is 2.95. The van der Waals surface area contributed by atoms with Gasteiger partial charge in [-0.1, -0.05) is 23.4 Å². The van der Waals surface area contributed by atoms with E-state index >= 15 is 0 Å². The Hall–Kier alpha value is -1.88. The Balaban J connectivity index is 1.49. The highest BCUT2D eigenvalue weighted by atomic mass is 16.5. The van der Waals surface area contributed by atoms with E-state index in [9.17, 15) is 0 Å².